The van der Waals surface area contributed by atoms with Crippen LogP contribution in [0.2, 0.25) is 0 Å². The predicted octanol–water partition coefficient (Wildman–Crippen LogP) is 11.2. The first-order valence-electron chi connectivity index (χ1n) is 15.0. The quantitative estimate of drug-likeness (QED) is 0.191. The number of thiophene rings is 1. The molecule has 45 heavy (non-hydrogen) atoms. The standard InChI is InChI=1S/C41H25N3S/c1-2-9-26(10-3-1)27-17-19-28(20-18-27)38-40-39(35-15-6-7-16-37(35)45-40)44-41(43-38)31-13-8-12-29(23-31)30-21-22-34-33-14-5-4-11-32(33)25-42-36(34)24-30/h1-25H. The van der Waals surface area contributed by atoms with Crippen molar-refractivity contribution in [2.75, 3.05) is 0 Å². The molecule has 0 bridgehead atoms. The zero-order chi connectivity index (χ0) is 29.7. The molecule has 4 heteroatoms. The Hall–Kier alpha value is -5.71. The van der Waals surface area contributed by atoms with Crippen molar-refractivity contribution in [3.05, 3.63) is 152 Å². The summed E-state index contributed by atoms with van der Waals surface area (Å²) in [7, 11) is 0. The fourth-order valence-electron chi connectivity index (χ4n) is 6.24. The molecular weight excluding hydrogens is 567 g/mol. The van der Waals surface area contributed by atoms with Crippen molar-refractivity contribution < 1.29 is 0 Å². The van der Waals surface area contributed by atoms with Crippen molar-refractivity contribution in [3.63, 3.8) is 0 Å². The SMILES string of the molecule is c1ccc(-c2ccc(-c3nc(-c4cccc(-c5ccc6c(c5)ncc5ccccc56)c4)nc4c3sc3ccccc34)cc2)cc1. The van der Waals surface area contributed by atoms with Crippen molar-refractivity contribution in [2.24, 2.45) is 0 Å². The fourth-order valence-corrected chi connectivity index (χ4v) is 7.40. The van der Waals surface area contributed by atoms with Crippen LogP contribution in [0, 0.1) is 0 Å². The minimum atomic E-state index is 0.722. The summed E-state index contributed by atoms with van der Waals surface area (Å²) in [4.78, 5) is 15.2. The average molecular weight is 592 g/mol. The lowest BCUT2D eigenvalue weighted by Crippen LogP contribution is -1.94. The van der Waals surface area contributed by atoms with Crippen molar-refractivity contribution in [1.29, 1.82) is 0 Å². The van der Waals surface area contributed by atoms with Crippen LogP contribution in [0.1, 0.15) is 0 Å². The minimum Gasteiger partial charge on any atom is -0.256 e. The number of hydrogen-bond acceptors (Lipinski definition) is 4. The molecule has 0 aliphatic rings. The highest BCUT2D eigenvalue weighted by atomic mass is 32.1. The smallest absolute Gasteiger partial charge is 0.160 e. The Balaban J connectivity index is 1.18. The molecule has 0 fully saturated rings. The molecule has 3 heterocycles. The molecule has 210 valence electrons. The summed E-state index contributed by atoms with van der Waals surface area (Å²) in [5.41, 5.74) is 9.62. The first-order valence-corrected chi connectivity index (χ1v) is 15.8. The lowest BCUT2D eigenvalue weighted by molar-refractivity contribution is 1.24. The van der Waals surface area contributed by atoms with Crippen LogP contribution in [-0.4, -0.2) is 15.0 Å². The third-order valence-corrected chi connectivity index (χ3v) is 9.70. The molecule has 9 rings (SSSR count). The van der Waals surface area contributed by atoms with Crippen LogP contribution in [0.4, 0.5) is 0 Å². The molecule has 3 aromatic heterocycles. The summed E-state index contributed by atoms with van der Waals surface area (Å²) in [6, 6.07) is 51.2. The molecule has 9 aromatic rings. The van der Waals surface area contributed by atoms with Gasteiger partial charge in [-0.05, 0) is 45.8 Å². The van der Waals surface area contributed by atoms with E-state index in [0.29, 0.717) is 0 Å². The van der Waals surface area contributed by atoms with Crippen LogP contribution in [0.25, 0.3) is 86.9 Å². The second-order valence-corrected chi connectivity index (χ2v) is 12.3. The maximum Gasteiger partial charge on any atom is 0.160 e. The number of pyridine rings is 1. The molecule has 0 aliphatic carbocycles. The monoisotopic (exact) mass is 591 g/mol. The van der Waals surface area contributed by atoms with E-state index in [2.05, 4.69) is 140 Å². The van der Waals surface area contributed by atoms with Gasteiger partial charge in [0.05, 0.1) is 21.4 Å². The van der Waals surface area contributed by atoms with Gasteiger partial charge < -0.3 is 0 Å². The van der Waals surface area contributed by atoms with Crippen LogP contribution in [-0.2, 0) is 0 Å². The first kappa shape index (κ1) is 25.8. The van der Waals surface area contributed by atoms with Crippen LogP contribution in [0.3, 0.4) is 0 Å². The normalized spacial score (nSPS) is 11.6. The second kappa shape index (κ2) is 10.5. The average Bonchev–Trinajstić information content (AvgIpc) is 3.50. The Morgan fingerprint density at radius 2 is 1.11 bits per heavy atom. The van der Waals surface area contributed by atoms with E-state index in [1.165, 1.54) is 21.2 Å². The zero-order valence-corrected chi connectivity index (χ0v) is 25.0. The first-order chi connectivity index (χ1) is 22.3. The van der Waals surface area contributed by atoms with E-state index in [-0.39, 0.29) is 0 Å². The highest BCUT2D eigenvalue weighted by Gasteiger charge is 2.17. The maximum atomic E-state index is 5.24. The van der Waals surface area contributed by atoms with E-state index in [1.54, 1.807) is 11.3 Å². The van der Waals surface area contributed by atoms with E-state index in [0.717, 1.165) is 65.7 Å². The molecule has 0 saturated heterocycles. The molecule has 0 saturated carbocycles. The van der Waals surface area contributed by atoms with E-state index < -0.39 is 0 Å². The highest BCUT2D eigenvalue weighted by Crippen LogP contribution is 2.40. The lowest BCUT2D eigenvalue weighted by Gasteiger charge is -2.10. The van der Waals surface area contributed by atoms with Crippen LogP contribution in [0.15, 0.2) is 152 Å². The van der Waals surface area contributed by atoms with Gasteiger partial charge in [0.15, 0.2) is 5.82 Å². The third-order valence-electron chi connectivity index (χ3n) is 8.53. The van der Waals surface area contributed by atoms with Crippen LogP contribution in [0.5, 0.6) is 0 Å². The molecule has 3 nitrogen and oxygen atoms in total. The Labute approximate surface area is 264 Å². The summed E-state index contributed by atoms with van der Waals surface area (Å²) in [6.07, 6.45) is 1.96. The van der Waals surface area contributed by atoms with E-state index >= 15 is 0 Å². The van der Waals surface area contributed by atoms with Gasteiger partial charge in [0.25, 0.3) is 0 Å². The lowest BCUT2D eigenvalue weighted by atomic mass is 9.99. The van der Waals surface area contributed by atoms with Crippen LogP contribution >= 0.6 is 11.3 Å². The fraction of sp³-hybridized carbons (Fsp3) is 0. The van der Waals surface area contributed by atoms with Gasteiger partial charge in [-0.25, -0.2) is 9.97 Å². The van der Waals surface area contributed by atoms with E-state index in [4.69, 9.17) is 15.0 Å². The molecule has 0 amide bonds. The number of aromatic nitrogens is 3. The van der Waals surface area contributed by atoms with Gasteiger partial charge in [-0.3, -0.25) is 4.98 Å². The largest absolute Gasteiger partial charge is 0.256 e. The van der Waals surface area contributed by atoms with Crippen molar-refractivity contribution in [3.8, 4) is 44.9 Å². The van der Waals surface area contributed by atoms with Gasteiger partial charge in [-0.15, -0.1) is 11.3 Å². The molecule has 0 unspecified atom stereocenters. The molecule has 0 spiro atoms. The van der Waals surface area contributed by atoms with Gasteiger partial charge in [0.2, 0.25) is 0 Å². The molecular formula is C41H25N3S. The summed E-state index contributed by atoms with van der Waals surface area (Å²) in [5.74, 6) is 0.722. The summed E-state index contributed by atoms with van der Waals surface area (Å²) in [5, 5.41) is 4.69. The summed E-state index contributed by atoms with van der Waals surface area (Å²) >= 11 is 1.76. The topological polar surface area (TPSA) is 38.7 Å². The second-order valence-electron chi connectivity index (χ2n) is 11.3. The van der Waals surface area contributed by atoms with Gasteiger partial charge in [-0.1, -0.05) is 127 Å². The van der Waals surface area contributed by atoms with Gasteiger partial charge in [0, 0.05) is 38.2 Å². The number of benzene rings is 6. The summed E-state index contributed by atoms with van der Waals surface area (Å²) < 4.78 is 2.32. The Morgan fingerprint density at radius 1 is 0.444 bits per heavy atom. The molecule has 0 N–H and O–H groups in total. The number of fused-ring (bicyclic) bond motifs is 6. The maximum absolute atomic E-state index is 5.24. The Morgan fingerprint density at radius 3 is 2.00 bits per heavy atom. The van der Waals surface area contributed by atoms with E-state index in [1.807, 2.05) is 12.3 Å². The Bertz CT molecular complexity index is 2530. The highest BCUT2D eigenvalue weighted by molar-refractivity contribution is 7.26. The number of rotatable bonds is 4. The minimum absolute atomic E-state index is 0.722. The molecule has 6 aromatic carbocycles. The van der Waals surface area contributed by atoms with Crippen molar-refractivity contribution in [2.45, 2.75) is 0 Å². The van der Waals surface area contributed by atoms with Crippen molar-refractivity contribution in [1.82, 2.24) is 15.0 Å². The number of hydrogen-bond donors (Lipinski definition) is 0. The molecule has 0 radical (unpaired) electrons. The van der Waals surface area contributed by atoms with Crippen LogP contribution < -0.4 is 0 Å². The van der Waals surface area contributed by atoms with Gasteiger partial charge >= 0.3 is 0 Å². The third kappa shape index (κ3) is 4.46. The Kier molecular flexibility index (Phi) is 6.00. The van der Waals surface area contributed by atoms with E-state index in [9.17, 15) is 0 Å². The zero-order valence-electron chi connectivity index (χ0n) is 24.2. The van der Waals surface area contributed by atoms with Gasteiger partial charge in [-0.2, -0.15) is 0 Å². The van der Waals surface area contributed by atoms with Crippen molar-refractivity contribution >= 4 is 53.3 Å². The number of nitrogens with zero attached hydrogens (tertiary/aromatic N) is 3. The molecule has 0 aliphatic heterocycles. The predicted molar refractivity (Wildman–Crippen MR) is 189 cm³/mol. The summed E-state index contributed by atoms with van der Waals surface area (Å²) in [6.45, 7) is 0. The van der Waals surface area contributed by atoms with Gasteiger partial charge in [0.1, 0.15) is 0 Å². The molecule has 0 atom stereocenters.